The Kier molecular flexibility index (Phi) is 7.48. The van der Waals surface area contributed by atoms with E-state index in [-0.39, 0.29) is 12.0 Å². The van der Waals surface area contributed by atoms with Gasteiger partial charge >= 0.3 is 0 Å². The minimum atomic E-state index is -0.498. The van der Waals surface area contributed by atoms with Crippen molar-refractivity contribution in [2.75, 3.05) is 13.7 Å². The van der Waals surface area contributed by atoms with E-state index >= 15 is 0 Å². The van der Waals surface area contributed by atoms with Crippen LogP contribution < -0.4 is 20.3 Å². The molecule has 0 saturated carbocycles. The minimum absolute atomic E-state index is 0.0101. The molecule has 0 aromatic heterocycles. The van der Waals surface area contributed by atoms with Gasteiger partial charge in [0.15, 0.2) is 6.61 Å². The first-order valence-corrected chi connectivity index (χ1v) is 10.1. The number of hydrogen-bond donors (Lipinski definition) is 2. The van der Waals surface area contributed by atoms with Crippen molar-refractivity contribution in [2.24, 2.45) is 0 Å². The van der Waals surface area contributed by atoms with Crippen molar-refractivity contribution < 1.29 is 19.1 Å². The van der Waals surface area contributed by atoms with Crippen LogP contribution in [0.25, 0.3) is 0 Å². The van der Waals surface area contributed by atoms with Gasteiger partial charge in [0.25, 0.3) is 11.8 Å². The topological polar surface area (TPSA) is 76.7 Å². The Labute approximate surface area is 181 Å². The third kappa shape index (κ3) is 5.97. The predicted molar refractivity (Wildman–Crippen MR) is 115 cm³/mol. The van der Waals surface area contributed by atoms with Crippen LogP contribution in [-0.4, -0.2) is 25.5 Å². The van der Waals surface area contributed by atoms with Gasteiger partial charge < -0.3 is 9.47 Å². The lowest BCUT2D eigenvalue weighted by Gasteiger charge is -2.20. The average molecular weight is 514 g/mol. The van der Waals surface area contributed by atoms with Crippen LogP contribution in [-0.2, 0) is 10.2 Å². The predicted octanol–water partition coefficient (Wildman–Crippen LogP) is 4.36. The first-order chi connectivity index (χ1) is 13.1. The molecule has 150 valence electrons. The van der Waals surface area contributed by atoms with Crippen molar-refractivity contribution in [3.05, 3.63) is 56.5 Å². The van der Waals surface area contributed by atoms with Crippen molar-refractivity contribution in [3.63, 3.8) is 0 Å². The van der Waals surface area contributed by atoms with Gasteiger partial charge in [-0.25, -0.2) is 0 Å². The largest absolute Gasteiger partial charge is 0.496 e. The van der Waals surface area contributed by atoms with Gasteiger partial charge in [-0.05, 0) is 57.2 Å². The first kappa shape index (κ1) is 22.2. The summed E-state index contributed by atoms with van der Waals surface area (Å²) in [5.41, 5.74) is 6.12. The summed E-state index contributed by atoms with van der Waals surface area (Å²) in [6.45, 7) is 6.10. The standard InChI is InChI=1S/C20H22Br2N2O4/c1-20(2,3)12-5-7-17(15(22)9-12)28-11-18(25)23-24-19(26)14-10-13(21)6-8-16(14)27-4/h5-10H,11H2,1-4H3,(H,23,25)(H,24,26). The molecule has 8 heteroatoms. The van der Waals surface area contributed by atoms with E-state index in [4.69, 9.17) is 9.47 Å². The summed E-state index contributed by atoms with van der Waals surface area (Å²) >= 11 is 6.76. The summed E-state index contributed by atoms with van der Waals surface area (Å²) in [4.78, 5) is 24.3. The second-order valence-corrected chi connectivity index (χ2v) is 8.80. The SMILES string of the molecule is COc1ccc(Br)cc1C(=O)NNC(=O)COc1ccc(C(C)(C)C)cc1Br. The highest BCUT2D eigenvalue weighted by Crippen LogP contribution is 2.31. The van der Waals surface area contributed by atoms with Crippen LogP contribution in [0.4, 0.5) is 0 Å². The van der Waals surface area contributed by atoms with Crippen LogP contribution in [0, 0.1) is 0 Å². The molecule has 0 bridgehead atoms. The maximum absolute atomic E-state index is 12.3. The summed E-state index contributed by atoms with van der Waals surface area (Å²) < 4.78 is 12.2. The molecule has 0 aliphatic heterocycles. The van der Waals surface area contributed by atoms with Crippen molar-refractivity contribution in [3.8, 4) is 11.5 Å². The number of ether oxygens (including phenoxy) is 2. The smallest absolute Gasteiger partial charge is 0.276 e. The van der Waals surface area contributed by atoms with E-state index in [2.05, 4.69) is 63.5 Å². The van der Waals surface area contributed by atoms with Crippen molar-refractivity contribution in [1.82, 2.24) is 10.9 Å². The normalized spacial score (nSPS) is 10.9. The van der Waals surface area contributed by atoms with Crippen LogP contribution >= 0.6 is 31.9 Å². The fraction of sp³-hybridized carbons (Fsp3) is 0.300. The van der Waals surface area contributed by atoms with Crippen LogP contribution in [0.3, 0.4) is 0 Å². The average Bonchev–Trinajstić information content (AvgIpc) is 2.64. The quantitative estimate of drug-likeness (QED) is 0.582. The summed E-state index contributed by atoms with van der Waals surface area (Å²) in [5, 5.41) is 0. The van der Waals surface area contributed by atoms with Crippen LogP contribution in [0.5, 0.6) is 11.5 Å². The number of rotatable bonds is 5. The van der Waals surface area contributed by atoms with E-state index in [9.17, 15) is 9.59 Å². The molecule has 28 heavy (non-hydrogen) atoms. The summed E-state index contributed by atoms with van der Waals surface area (Å²) in [5.74, 6) is -0.0477. The molecular weight excluding hydrogens is 492 g/mol. The summed E-state index contributed by atoms with van der Waals surface area (Å²) in [7, 11) is 1.47. The highest BCUT2D eigenvalue weighted by atomic mass is 79.9. The fourth-order valence-electron chi connectivity index (χ4n) is 2.32. The minimum Gasteiger partial charge on any atom is -0.496 e. The molecule has 0 saturated heterocycles. The Hall–Kier alpha value is -2.06. The Morgan fingerprint density at radius 1 is 1.00 bits per heavy atom. The van der Waals surface area contributed by atoms with Crippen LogP contribution in [0.15, 0.2) is 45.3 Å². The molecule has 0 spiro atoms. The van der Waals surface area contributed by atoms with Crippen molar-refractivity contribution >= 4 is 43.7 Å². The molecule has 0 radical (unpaired) electrons. The number of carbonyl (C=O) groups excluding carboxylic acids is 2. The highest BCUT2D eigenvalue weighted by Gasteiger charge is 2.16. The van der Waals surface area contributed by atoms with Crippen molar-refractivity contribution in [1.29, 1.82) is 0 Å². The third-order valence-corrected chi connectivity index (χ3v) is 4.99. The lowest BCUT2D eigenvalue weighted by atomic mass is 9.87. The number of halogens is 2. The number of methoxy groups -OCH3 is 1. The van der Waals surface area contributed by atoms with Gasteiger partial charge in [-0.15, -0.1) is 0 Å². The number of hydrogen-bond acceptors (Lipinski definition) is 4. The Bertz CT molecular complexity index is 879. The van der Waals surface area contributed by atoms with Gasteiger partial charge in [0, 0.05) is 4.47 Å². The van der Waals surface area contributed by atoms with Gasteiger partial charge in [-0.1, -0.05) is 42.8 Å². The van der Waals surface area contributed by atoms with Crippen LogP contribution in [0.2, 0.25) is 0 Å². The van der Waals surface area contributed by atoms with E-state index in [1.165, 1.54) is 7.11 Å². The van der Waals surface area contributed by atoms with Gasteiger partial charge in [0.2, 0.25) is 0 Å². The number of benzene rings is 2. The van der Waals surface area contributed by atoms with E-state index in [1.807, 2.05) is 18.2 Å². The maximum atomic E-state index is 12.3. The molecule has 2 amide bonds. The Balaban J connectivity index is 1.91. The Morgan fingerprint density at radius 2 is 1.68 bits per heavy atom. The van der Waals surface area contributed by atoms with E-state index < -0.39 is 11.8 Å². The van der Waals surface area contributed by atoms with Gasteiger partial charge in [-0.3, -0.25) is 20.4 Å². The van der Waals surface area contributed by atoms with Gasteiger partial charge in [0.1, 0.15) is 11.5 Å². The molecule has 2 aromatic carbocycles. The maximum Gasteiger partial charge on any atom is 0.276 e. The summed E-state index contributed by atoms with van der Waals surface area (Å²) in [6, 6.07) is 10.7. The van der Waals surface area contributed by atoms with Crippen LogP contribution in [0.1, 0.15) is 36.7 Å². The van der Waals surface area contributed by atoms with E-state index in [0.717, 1.165) is 14.5 Å². The molecule has 6 nitrogen and oxygen atoms in total. The zero-order valence-electron chi connectivity index (χ0n) is 16.1. The zero-order valence-corrected chi connectivity index (χ0v) is 19.2. The molecule has 2 aromatic rings. The molecule has 0 fully saturated rings. The Morgan fingerprint density at radius 3 is 2.29 bits per heavy atom. The molecule has 0 aliphatic rings. The number of carbonyl (C=O) groups is 2. The number of amides is 2. The molecule has 0 atom stereocenters. The second-order valence-electron chi connectivity index (χ2n) is 7.03. The molecule has 2 rings (SSSR count). The molecule has 0 aliphatic carbocycles. The van der Waals surface area contributed by atoms with Gasteiger partial charge in [-0.2, -0.15) is 0 Å². The fourth-order valence-corrected chi connectivity index (χ4v) is 3.17. The zero-order chi connectivity index (χ0) is 20.9. The molecule has 0 heterocycles. The lowest BCUT2D eigenvalue weighted by Crippen LogP contribution is -2.43. The second kappa shape index (κ2) is 9.43. The van der Waals surface area contributed by atoms with E-state index in [1.54, 1.807) is 18.2 Å². The number of nitrogens with one attached hydrogen (secondary N) is 2. The molecule has 2 N–H and O–H groups in total. The summed E-state index contributed by atoms with van der Waals surface area (Å²) in [6.07, 6.45) is 0. The monoisotopic (exact) mass is 512 g/mol. The molecular formula is C20H22Br2N2O4. The van der Waals surface area contributed by atoms with Gasteiger partial charge in [0.05, 0.1) is 17.1 Å². The highest BCUT2D eigenvalue weighted by molar-refractivity contribution is 9.10. The third-order valence-electron chi connectivity index (χ3n) is 3.88. The van der Waals surface area contributed by atoms with E-state index in [0.29, 0.717) is 17.1 Å². The number of hydrazine groups is 1. The molecule has 0 unspecified atom stereocenters. The lowest BCUT2D eigenvalue weighted by molar-refractivity contribution is -0.123. The van der Waals surface area contributed by atoms with Crippen molar-refractivity contribution in [2.45, 2.75) is 26.2 Å². The first-order valence-electron chi connectivity index (χ1n) is 8.47.